The van der Waals surface area contributed by atoms with Crippen molar-refractivity contribution < 1.29 is 112 Å². The molecular formula is C47H57BF18NO6+. The predicted molar refractivity (Wildman–Crippen MR) is 230 cm³/mol. The van der Waals surface area contributed by atoms with Gasteiger partial charge in [-0.25, -0.2) is 4.48 Å². The quantitative estimate of drug-likeness (QED) is 0.0263. The van der Waals surface area contributed by atoms with E-state index < -0.39 is 148 Å². The second-order valence-electron chi connectivity index (χ2n) is 16.6. The van der Waals surface area contributed by atoms with Crippen LogP contribution in [0, 0.1) is 0 Å². The molecule has 0 heterocycles. The lowest BCUT2D eigenvalue weighted by Gasteiger charge is -2.59. The van der Waals surface area contributed by atoms with E-state index in [9.17, 15) is 65.9 Å². The van der Waals surface area contributed by atoms with Crippen molar-refractivity contribution in [1.29, 1.82) is 0 Å². The number of hydrogen-bond acceptors (Lipinski definition) is 6. The first-order chi connectivity index (χ1) is 33.6. The normalized spacial score (nSPS) is 15.6. The molecule has 3 atom stereocenters. The zero-order valence-electron chi connectivity index (χ0n) is 40.7. The fraction of sp³-hybridized carbons (Fsp3) is 0.617. The molecule has 3 rings (SSSR count). The van der Waals surface area contributed by atoms with E-state index in [1.807, 2.05) is 6.92 Å². The van der Waals surface area contributed by atoms with E-state index >= 15 is 13.2 Å². The standard InChI is InChI=1S/C47H57BF18NO6/c1-8-15-16-17-18-19-20-67(38(9-2)68-12-5,39(10-3)69-13-6)41(11-4,70-14-7)40-36(47(64,65)66)27-33(46(61,62)63)28-37(40)73-48(71-34-23-29(42(49,50)51)21-30(24-34)43(52,53)54)72-35-25-31(44(55,56)57)22-32(26-35)45(58,59)60/h21-28,38-39H,8-20H2,1-7H3/q+1. The molecule has 3 aromatic carbocycles. The first-order valence-electron chi connectivity index (χ1n) is 23.3. The van der Waals surface area contributed by atoms with Gasteiger partial charge < -0.3 is 28.2 Å². The van der Waals surface area contributed by atoms with Crippen LogP contribution >= 0.6 is 0 Å². The van der Waals surface area contributed by atoms with Crippen LogP contribution in [0.2, 0.25) is 0 Å². The van der Waals surface area contributed by atoms with Crippen molar-refractivity contribution in [2.24, 2.45) is 0 Å². The van der Waals surface area contributed by atoms with Crippen LogP contribution in [0.15, 0.2) is 48.5 Å². The predicted octanol–water partition coefficient (Wildman–Crippen LogP) is 16.6. The van der Waals surface area contributed by atoms with Crippen molar-refractivity contribution in [3.63, 3.8) is 0 Å². The monoisotopic (exact) mass is 1080 g/mol. The molecule has 0 bridgehead atoms. The van der Waals surface area contributed by atoms with Crippen molar-refractivity contribution >= 4 is 7.32 Å². The van der Waals surface area contributed by atoms with Crippen LogP contribution in [-0.4, -0.2) is 50.6 Å². The highest BCUT2D eigenvalue weighted by molar-refractivity contribution is 6.39. The second kappa shape index (κ2) is 25.0. The smallest absolute Gasteiger partial charge is 0.490 e. The number of hydrogen-bond donors (Lipinski definition) is 0. The fourth-order valence-electron chi connectivity index (χ4n) is 8.91. The Hall–Kier alpha value is -4.30. The largest absolute Gasteiger partial charge is 0.864 e. The summed E-state index contributed by atoms with van der Waals surface area (Å²) in [6.45, 7) is 9.81. The average Bonchev–Trinajstić information content (AvgIpc) is 3.27. The van der Waals surface area contributed by atoms with Gasteiger partial charge in [-0.2, -0.15) is 79.0 Å². The molecule has 26 heteroatoms. The molecule has 0 aromatic heterocycles. The van der Waals surface area contributed by atoms with E-state index in [1.165, 1.54) is 13.8 Å². The molecule has 0 aliphatic rings. The summed E-state index contributed by atoms with van der Waals surface area (Å²) in [6.07, 6.45) is -33.9. The van der Waals surface area contributed by atoms with Gasteiger partial charge in [0.1, 0.15) is 17.2 Å². The molecular weight excluding hydrogens is 1030 g/mol. The van der Waals surface area contributed by atoms with E-state index in [0.717, 1.165) is 19.3 Å². The molecule has 0 saturated heterocycles. The zero-order chi connectivity index (χ0) is 55.6. The molecule has 7 nitrogen and oxygen atoms in total. The Morgan fingerprint density at radius 3 is 1.15 bits per heavy atom. The topological polar surface area (TPSA) is 55.4 Å². The number of ether oxygens (including phenoxy) is 3. The van der Waals surface area contributed by atoms with Crippen LogP contribution in [-0.2, 0) is 57.0 Å². The van der Waals surface area contributed by atoms with Crippen LogP contribution in [0.4, 0.5) is 79.0 Å². The molecule has 73 heavy (non-hydrogen) atoms. The van der Waals surface area contributed by atoms with Crippen molar-refractivity contribution in [2.45, 2.75) is 161 Å². The maximum absolute atomic E-state index is 16.0. The number of unbranched alkanes of at least 4 members (excludes halogenated alkanes) is 5. The molecule has 0 aliphatic heterocycles. The molecule has 0 radical (unpaired) electrons. The Morgan fingerprint density at radius 2 is 0.822 bits per heavy atom. The lowest BCUT2D eigenvalue weighted by Crippen LogP contribution is -2.74. The molecule has 3 aromatic rings. The van der Waals surface area contributed by atoms with E-state index in [-0.39, 0.29) is 75.4 Å². The van der Waals surface area contributed by atoms with Gasteiger partial charge in [-0.15, -0.1) is 0 Å². The summed E-state index contributed by atoms with van der Waals surface area (Å²) in [4.78, 5) is 0. The van der Waals surface area contributed by atoms with Crippen LogP contribution in [0.3, 0.4) is 0 Å². The van der Waals surface area contributed by atoms with Gasteiger partial charge in [0, 0.05) is 19.3 Å². The van der Waals surface area contributed by atoms with Gasteiger partial charge >= 0.3 is 44.4 Å². The number of quaternary nitrogens is 1. The van der Waals surface area contributed by atoms with Gasteiger partial charge in [0.05, 0.1) is 65.3 Å². The van der Waals surface area contributed by atoms with E-state index in [2.05, 4.69) is 0 Å². The second-order valence-corrected chi connectivity index (χ2v) is 16.6. The molecule has 414 valence electrons. The van der Waals surface area contributed by atoms with Crippen LogP contribution < -0.4 is 14.0 Å². The van der Waals surface area contributed by atoms with Gasteiger partial charge in [0.15, 0.2) is 12.5 Å². The highest BCUT2D eigenvalue weighted by atomic mass is 19.4. The SMILES string of the molecule is CCCCCCCC[N+](C(CC)OCC)(C(CC)OCC)C(CC)(OCC)c1c(OB(Oc2cc(C(F)(F)F)cc(C(F)(F)F)c2)Oc2cc(C(F)(F)F)cc(C(F)(F)F)c2)cc(C(F)(F)F)cc1C(F)(F)F. The molecule has 0 spiro atoms. The van der Waals surface area contributed by atoms with Crippen molar-refractivity contribution in [1.82, 2.24) is 0 Å². The lowest BCUT2D eigenvalue weighted by molar-refractivity contribution is -1.08. The Kier molecular flexibility index (Phi) is 21.6. The van der Waals surface area contributed by atoms with Gasteiger partial charge in [0.25, 0.3) is 0 Å². The summed E-state index contributed by atoms with van der Waals surface area (Å²) in [5, 5.41) is 0. The maximum atomic E-state index is 16.0. The summed E-state index contributed by atoms with van der Waals surface area (Å²) in [6, 6.07) is -1.90. The Bertz CT molecular complexity index is 2050. The molecule has 0 saturated carbocycles. The molecule has 0 aliphatic carbocycles. The first kappa shape index (κ1) is 63.0. The number of nitrogens with zero attached hydrogens (tertiary/aromatic N) is 1. The Labute approximate surface area is 411 Å². The van der Waals surface area contributed by atoms with Crippen LogP contribution in [0.5, 0.6) is 17.2 Å². The number of alkyl halides is 18. The third-order valence-corrected chi connectivity index (χ3v) is 11.8. The summed E-state index contributed by atoms with van der Waals surface area (Å²) in [7, 11) is -3.42. The van der Waals surface area contributed by atoms with Crippen molar-refractivity contribution in [2.75, 3.05) is 26.4 Å². The highest BCUT2D eigenvalue weighted by Gasteiger charge is 2.64. The minimum atomic E-state index is -5.86. The lowest BCUT2D eigenvalue weighted by atomic mass is 9.85. The summed E-state index contributed by atoms with van der Waals surface area (Å²) in [5.74, 6) is -4.91. The molecule has 3 unspecified atom stereocenters. The van der Waals surface area contributed by atoms with Gasteiger partial charge in [-0.3, -0.25) is 0 Å². The Balaban J connectivity index is 2.77. The zero-order valence-corrected chi connectivity index (χ0v) is 40.7. The van der Waals surface area contributed by atoms with Gasteiger partial charge in [-0.1, -0.05) is 53.4 Å². The minimum Gasteiger partial charge on any atom is -0.490 e. The van der Waals surface area contributed by atoms with E-state index in [4.69, 9.17) is 28.2 Å². The average molecular weight is 1080 g/mol. The van der Waals surface area contributed by atoms with Crippen LogP contribution in [0.25, 0.3) is 0 Å². The van der Waals surface area contributed by atoms with E-state index in [1.54, 1.807) is 27.7 Å². The van der Waals surface area contributed by atoms with E-state index in [0.29, 0.717) is 12.8 Å². The summed E-state index contributed by atoms with van der Waals surface area (Å²) in [5.41, 5.74) is -16.9. The number of halogens is 18. The summed E-state index contributed by atoms with van der Waals surface area (Å²) >= 11 is 0. The molecule has 0 fully saturated rings. The van der Waals surface area contributed by atoms with Gasteiger partial charge in [-0.05, 0) is 82.1 Å². The Morgan fingerprint density at radius 1 is 0.438 bits per heavy atom. The third-order valence-electron chi connectivity index (χ3n) is 11.8. The third kappa shape index (κ3) is 15.6. The van der Waals surface area contributed by atoms with Crippen molar-refractivity contribution in [3.05, 3.63) is 87.5 Å². The first-order valence-corrected chi connectivity index (χ1v) is 23.3. The molecule has 0 amide bonds. The van der Waals surface area contributed by atoms with Gasteiger partial charge in [0.2, 0.25) is 5.72 Å². The summed E-state index contributed by atoms with van der Waals surface area (Å²) < 4.78 is 297. The van der Waals surface area contributed by atoms with Crippen molar-refractivity contribution in [3.8, 4) is 17.2 Å². The minimum absolute atomic E-state index is 0.0523. The molecule has 0 N–H and O–H groups in total. The fourth-order valence-corrected chi connectivity index (χ4v) is 8.91. The maximum Gasteiger partial charge on any atom is 0.864 e. The number of benzene rings is 3. The number of rotatable bonds is 26. The highest BCUT2D eigenvalue weighted by Crippen LogP contribution is 2.55. The van der Waals surface area contributed by atoms with Crippen LogP contribution in [0.1, 0.15) is 145 Å².